The number of nitrogens with one attached hydrogen (secondary N) is 1. The minimum absolute atomic E-state index is 0.200. The molecule has 1 aromatic heterocycles. The first-order valence-electron chi connectivity index (χ1n) is 10.6. The number of carbonyl (C=O) groups is 1. The summed E-state index contributed by atoms with van der Waals surface area (Å²) in [6.07, 6.45) is 8.76. The smallest absolute Gasteiger partial charge is 0.234 e. The van der Waals surface area contributed by atoms with Crippen molar-refractivity contribution < 1.29 is 4.79 Å². The van der Waals surface area contributed by atoms with E-state index in [0.29, 0.717) is 12.6 Å². The molecule has 28 heavy (non-hydrogen) atoms. The van der Waals surface area contributed by atoms with Gasteiger partial charge in [0, 0.05) is 63.3 Å². The first-order valence-corrected chi connectivity index (χ1v) is 10.6. The molecule has 6 heteroatoms. The topological polar surface area (TPSA) is 53.4 Å². The largest absolute Gasteiger partial charge is 0.352 e. The molecule has 150 valence electrons. The zero-order valence-corrected chi connectivity index (χ0v) is 16.6. The first-order chi connectivity index (χ1) is 13.8. The zero-order valence-electron chi connectivity index (χ0n) is 16.6. The molecule has 0 unspecified atom stereocenters. The van der Waals surface area contributed by atoms with E-state index in [9.17, 15) is 4.79 Å². The molecule has 6 nitrogen and oxygen atoms in total. The van der Waals surface area contributed by atoms with Gasteiger partial charge in [-0.25, -0.2) is 4.98 Å². The molecule has 0 atom stereocenters. The molecule has 1 N–H and O–H groups in total. The molecule has 2 heterocycles. The van der Waals surface area contributed by atoms with E-state index in [2.05, 4.69) is 55.1 Å². The third kappa shape index (κ3) is 5.00. The summed E-state index contributed by atoms with van der Waals surface area (Å²) in [6, 6.07) is 10.8. The van der Waals surface area contributed by atoms with Crippen molar-refractivity contribution in [2.75, 3.05) is 39.3 Å². The Hall–Kier alpha value is -2.18. The minimum atomic E-state index is 0.200. The summed E-state index contributed by atoms with van der Waals surface area (Å²) >= 11 is 0. The number of nitrogens with zero attached hydrogens (tertiary/aromatic N) is 4. The average Bonchev–Trinajstić information content (AvgIpc) is 3.40. The van der Waals surface area contributed by atoms with Crippen LogP contribution < -0.4 is 5.32 Å². The number of hydrogen-bond donors (Lipinski definition) is 1. The monoisotopic (exact) mass is 381 g/mol. The standard InChI is InChI=1S/C22H31N5O/c28-21(24-20-8-4-5-9-20)18-26-14-12-25(13-15-26)16-17-27-11-10-23-22(27)19-6-2-1-3-7-19/h1-3,6-7,10-11,20H,4-5,8-9,12-18H2,(H,24,28). The molecular weight excluding hydrogens is 350 g/mol. The normalized spacial score (nSPS) is 19.1. The maximum atomic E-state index is 12.2. The van der Waals surface area contributed by atoms with E-state index in [0.717, 1.165) is 63.5 Å². The van der Waals surface area contributed by atoms with E-state index in [-0.39, 0.29) is 5.91 Å². The highest BCUT2D eigenvalue weighted by Crippen LogP contribution is 2.18. The summed E-state index contributed by atoms with van der Waals surface area (Å²) in [4.78, 5) is 21.5. The van der Waals surface area contributed by atoms with Crippen LogP contribution in [-0.4, -0.2) is 70.6 Å². The number of aromatic nitrogens is 2. The van der Waals surface area contributed by atoms with Gasteiger partial charge in [-0.15, -0.1) is 0 Å². The van der Waals surface area contributed by atoms with E-state index in [4.69, 9.17) is 0 Å². The molecule has 4 rings (SSSR count). The molecule has 0 radical (unpaired) electrons. The average molecular weight is 382 g/mol. The van der Waals surface area contributed by atoms with Gasteiger partial charge in [0.1, 0.15) is 5.82 Å². The Balaban J connectivity index is 1.20. The van der Waals surface area contributed by atoms with Crippen molar-refractivity contribution in [3.8, 4) is 11.4 Å². The van der Waals surface area contributed by atoms with E-state index < -0.39 is 0 Å². The second-order valence-corrected chi connectivity index (χ2v) is 7.98. The summed E-state index contributed by atoms with van der Waals surface area (Å²) in [5.41, 5.74) is 1.16. The Morgan fingerprint density at radius 1 is 1.00 bits per heavy atom. The van der Waals surface area contributed by atoms with Crippen LogP contribution in [-0.2, 0) is 11.3 Å². The quantitative estimate of drug-likeness (QED) is 0.799. The van der Waals surface area contributed by atoms with Crippen LogP contribution in [0.2, 0.25) is 0 Å². The first kappa shape index (κ1) is 19.2. The summed E-state index contributed by atoms with van der Waals surface area (Å²) < 4.78 is 2.23. The van der Waals surface area contributed by atoms with Crippen LogP contribution in [0.15, 0.2) is 42.7 Å². The van der Waals surface area contributed by atoms with Crippen molar-refractivity contribution >= 4 is 5.91 Å². The highest BCUT2D eigenvalue weighted by molar-refractivity contribution is 5.78. The molecule has 2 aromatic rings. The molecule has 1 amide bonds. The maximum Gasteiger partial charge on any atom is 0.234 e. The van der Waals surface area contributed by atoms with E-state index in [1.807, 2.05) is 12.3 Å². The second kappa shape index (κ2) is 9.34. The predicted octanol–water partition coefficient (Wildman–Crippen LogP) is 2.23. The Morgan fingerprint density at radius 3 is 2.46 bits per heavy atom. The van der Waals surface area contributed by atoms with Gasteiger partial charge in [-0.2, -0.15) is 0 Å². The van der Waals surface area contributed by atoms with Crippen LogP contribution in [0.1, 0.15) is 25.7 Å². The summed E-state index contributed by atoms with van der Waals surface area (Å²) in [7, 11) is 0. The van der Waals surface area contributed by atoms with Gasteiger partial charge in [-0.1, -0.05) is 43.2 Å². The fourth-order valence-electron chi connectivity index (χ4n) is 4.30. The fourth-order valence-corrected chi connectivity index (χ4v) is 4.30. The Morgan fingerprint density at radius 2 is 1.71 bits per heavy atom. The molecule has 1 aliphatic heterocycles. The molecule has 0 bridgehead atoms. The summed E-state index contributed by atoms with van der Waals surface area (Å²) in [6.45, 7) is 6.47. The van der Waals surface area contributed by atoms with Crippen molar-refractivity contribution in [2.45, 2.75) is 38.3 Å². The van der Waals surface area contributed by atoms with Crippen molar-refractivity contribution in [1.29, 1.82) is 0 Å². The second-order valence-electron chi connectivity index (χ2n) is 7.98. The maximum absolute atomic E-state index is 12.2. The number of carbonyl (C=O) groups excluding carboxylic acids is 1. The van der Waals surface area contributed by atoms with Crippen molar-refractivity contribution in [1.82, 2.24) is 24.7 Å². The van der Waals surface area contributed by atoms with E-state index >= 15 is 0 Å². The van der Waals surface area contributed by atoms with Crippen LogP contribution in [0.4, 0.5) is 0 Å². The Labute approximate surface area is 167 Å². The minimum Gasteiger partial charge on any atom is -0.352 e. The van der Waals surface area contributed by atoms with Crippen molar-refractivity contribution in [2.24, 2.45) is 0 Å². The summed E-state index contributed by atoms with van der Waals surface area (Å²) in [5.74, 6) is 1.23. The lowest BCUT2D eigenvalue weighted by Crippen LogP contribution is -2.50. The lowest BCUT2D eigenvalue weighted by molar-refractivity contribution is -0.123. The Bertz CT molecular complexity index is 745. The highest BCUT2D eigenvalue weighted by Gasteiger charge is 2.21. The number of hydrogen-bond acceptors (Lipinski definition) is 4. The van der Waals surface area contributed by atoms with Crippen molar-refractivity contribution in [3.63, 3.8) is 0 Å². The van der Waals surface area contributed by atoms with E-state index in [1.165, 1.54) is 12.8 Å². The summed E-state index contributed by atoms with van der Waals surface area (Å²) in [5, 5.41) is 3.20. The van der Waals surface area contributed by atoms with Crippen LogP contribution >= 0.6 is 0 Å². The van der Waals surface area contributed by atoms with Gasteiger partial charge >= 0.3 is 0 Å². The third-order valence-electron chi connectivity index (χ3n) is 5.96. The van der Waals surface area contributed by atoms with Gasteiger partial charge in [0.25, 0.3) is 0 Å². The number of imidazole rings is 1. The van der Waals surface area contributed by atoms with E-state index in [1.54, 1.807) is 0 Å². The third-order valence-corrected chi connectivity index (χ3v) is 5.96. The van der Waals surface area contributed by atoms with Gasteiger partial charge in [-0.3, -0.25) is 14.6 Å². The fraction of sp³-hybridized carbons (Fsp3) is 0.545. The predicted molar refractivity (Wildman–Crippen MR) is 111 cm³/mol. The van der Waals surface area contributed by atoms with Crippen LogP contribution in [0.3, 0.4) is 0 Å². The molecule has 1 aliphatic carbocycles. The van der Waals surface area contributed by atoms with Crippen LogP contribution in [0.25, 0.3) is 11.4 Å². The van der Waals surface area contributed by atoms with Crippen LogP contribution in [0.5, 0.6) is 0 Å². The van der Waals surface area contributed by atoms with Gasteiger partial charge in [0.05, 0.1) is 6.54 Å². The lowest BCUT2D eigenvalue weighted by Gasteiger charge is -2.34. The van der Waals surface area contributed by atoms with Gasteiger partial charge in [0.2, 0.25) is 5.91 Å². The van der Waals surface area contributed by atoms with Crippen molar-refractivity contribution in [3.05, 3.63) is 42.7 Å². The molecule has 1 aromatic carbocycles. The number of amides is 1. The molecular formula is C22H31N5O. The zero-order chi connectivity index (χ0) is 19.2. The molecule has 1 saturated heterocycles. The Kier molecular flexibility index (Phi) is 6.39. The SMILES string of the molecule is O=C(CN1CCN(CCn2ccnc2-c2ccccc2)CC1)NC1CCCC1. The highest BCUT2D eigenvalue weighted by atomic mass is 16.2. The molecule has 1 saturated carbocycles. The molecule has 2 fully saturated rings. The lowest BCUT2D eigenvalue weighted by atomic mass is 10.2. The molecule has 0 spiro atoms. The number of rotatable bonds is 7. The molecule has 2 aliphatic rings. The van der Waals surface area contributed by atoms with Gasteiger partial charge in [0.15, 0.2) is 0 Å². The number of piperazine rings is 1. The van der Waals surface area contributed by atoms with Crippen LogP contribution in [0, 0.1) is 0 Å². The number of benzene rings is 1. The van der Waals surface area contributed by atoms with Gasteiger partial charge < -0.3 is 9.88 Å². The van der Waals surface area contributed by atoms with Gasteiger partial charge in [-0.05, 0) is 12.8 Å².